The first-order valence-corrected chi connectivity index (χ1v) is 7.75. The summed E-state index contributed by atoms with van der Waals surface area (Å²) in [6.45, 7) is 3.86. The number of nitrogens with zero attached hydrogens (tertiary/aromatic N) is 3. The molecule has 0 bridgehead atoms. The molecule has 0 aliphatic heterocycles. The smallest absolute Gasteiger partial charge is 0.256 e. The number of benzene rings is 1. The van der Waals surface area contributed by atoms with E-state index in [1.54, 1.807) is 29.1 Å². The van der Waals surface area contributed by atoms with E-state index in [-0.39, 0.29) is 5.91 Å². The molecule has 0 radical (unpaired) electrons. The molecule has 3 aromatic rings. The van der Waals surface area contributed by atoms with Crippen LogP contribution in [0, 0.1) is 13.8 Å². The Morgan fingerprint density at radius 1 is 1.27 bits per heavy atom. The SMILES string of the molecule is Cc1cc(NC(=O)c2cccc(-c3csc(C)n3)c2)n(C)n1. The lowest BCUT2D eigenvalue weighted by atomic mass is 10.1. The molecule has 0 saturated carbocycles. The van der Waals surface area contributed by atoms with Gasteiger partial charge < -0.3 is 5.32 Å². The molecule has 22 heavy (non-hydrogen) atoms. The van der Waals surface area contributed by atoms with Crippen molar-refractivity contribution in [2.45, 2.75) is 13.8 Å². The number of aryl methyl sites for hydroxylation is 3. The van der Waals surface area contributed by atoms with Crippen LogP contribution in [0.5, 0.6) is 0 Å². The summed E-state index contributed by atoms with van der Waals surface area (Å²) in [5.74, 6) is 0.522. The standard InChI is InChI=1S/C16H16N4OS/c1-10-7-15(20(3)19-10)18-16(21)13-6-4-5-12(8-13)14-9-22-11(2)17-14/h4-9H,1-3H3,(H,18,21). The molecule has 2 aromatic heterocycles. The average molecular weight is 312 g/mol. The first-order valence-electron chi connectivity index (χ1n) is 6.87. The zero-order valence-corrected chi connectivity index (χ0v) is 13.4. The largest absolute Gasteiger partial charge is 0.307 e. The van der Waals surface area contributed by atoms with Crippen molar-refractivity contribution >= 4 is 23.1 Å². The van der Waals surface area contributed by atoms with Crippen molar-refractivity contribution < 1.29 is 4.79 Å². The summed E-state index contributed by atoms with van der Waals surface area (Å²) in [4.78, 5) is 16.8. The Kier molecular flexibility index (Phi) is 3.77. The summed E-state index contributed by atoms with van der Waals surface area (Å²) in [7, 11) is 1.80. The fourth-order valence-electron chi connectivity index (χ4n) is 2.23. The molecule has 5 nitrogen and oxygen atoms in total. The molecule has 1 N–H and O–H groups in total. The maximum absolute atomic E-state index is 12.4. The van der Waals surface area contributed by atoms with Crippen molar-refractivity contribution in [3.63, 3.8) is 0 Å². The van der Waals surface area contributed by atoms with Crippen LogP contribution in [-0.2, 0) is 7.05 Å². The Morgan fingerprint density at radius 2 is 2.09 bits per heavy atom. The molecule has 0 saturated heterocycles. The molecular weight excluding hydrogens is 296 g/mol. The number of amides is 1. The van der Waals surface area contributed by atoms with Gasteiger partial charge in [-0.25, -0.2) is 4.98 Å². The van der Waals surface area contributed by atoms with E-state index in [0.717, 1.165) is 22.0 Å². The monoisotopic (exact) mass is 312 g/mol. The van der Waals surface area contributed by atoms with Gasteiger partial charge in [-0.3, -0.25) is 9.48 Å². The van der Waals surface area contributed by atoms with Gasteiger partial charge in [0.2, 0.25) is 0 Å². The number of carbonyl (C=O) groups excluding carboxylic acids is 1. The maximum atomic E-state index is 12.4. The van der Waals surface area contributed by atoms with Crippen molar-refractivity contribution in [3.05, 3.63) is 52.0 Å². The predicted octanol–water partition coefficient (Wildman–Crippen LogP) is 3.41. The molecule has 1 aromatic carbocycles. The van der Waals surface area contributed by atoms with Crippen LogP contribution in [0.15, 0.2) is 35.7 Å². The van der Waals surface area contributed by atoms with E-state index in [9.17, 15) is 4.79 Å². The summed E-state index contributed by atoms with van der Waals surface area (Å²) in [5.41, 5.74) is 3.30. The number of aromatic nitrogens is 3. The van der Waals surface area contributed by atoms with Crippen LogP contribution >= 0.6 is 11.3 Å². The van der Waals surface area contributed by atoms with E-state index in [1.807, 2.05) is 43.5 Å². The van der Waals surface area contributed by atoms with Gasteiger partial charge in [0.1, 0.15) is 5.82 Å². The first kappa shape index (κ1) is 14.5. The number of carbonyl (C=O) groups is 1. The Labute approximate surface area is 132 Å². The third-order valence-corrected chi connectivity index (χ3v) is 4.06. The molecule has 112 valence electrons. The van der Waals surface area contributed by atoms with Gasteiger partial charge in [-0.05, 0) is 26.0 Å². The highest BCUT2D eigenvalue weighted by Crippen LogP contribution is 2.22. The molecule has 0 fully saturated rings. The van der Waals surface area contributed by atoms with Crippen LogP contribution in [0.4, 0.5) is 5.82 Å². The van der Waals surface area contributed by atoms with E-state index in [4.69, 9.17) is 0 Å². The Morgan fingerprint density at radius 3 is 2.73 bits per heavy atom. The number of nitrogens with one attached hydrogen (secondary N) is 1. The Bertz CT molecular complexity index is 834. The summed E-state index contributed by atoms with van der Waals surface area (Å²) < 4.78 is 1.65. The second-order valence-corrected chi connectivity index (χ2v) is 6.14. The lowest BCUT2D eigenvalue weighted by Crippen LogP contribution is -2.14. The number of rotatable bonds is 3. The quantitative estimate of drug-likeness (QED) is 0.806. The molecule has 6 heteroatoms. The fourth-order valence-corrected chi connectivity index (χ4v) is 2.85. The summed E-state index contributed by atoms with van der Waals surface area (Å²) in [6.07, 6.45) is 0. The van der Waals surface area contributed by atoms with Crippen LogP contribution in [0.2, 0.25) is 0 Å². The third-order valence-electron chi connectivity index (χ3n) is 3.28. The van der Waals surface area contributed by atoms with E-state index >= 15 is 0 Å². The molecule has 1 amide bonds. The number of hydrogen-bond acceptors (Lipinski definition) is 4. The van der Waals surface area contributed by atoms with E-state index in [2.05, 4.69) is 15.4 Å². The lowest BCUT2D eigenvalue weighted by molar-refractivity contribution is 0.102. The van der Waals surface area contributed by atoms with Crippen LogP contribution in [0.25, 0.3) is 11.3 Å². The summed E-state index contributed by atoms with van der Waals surface area (Å²) in [6, 6.07) is 9.31. The molecule has 2 heterocycles. The topological polar surface area (TPSA) is 59.8 Å². The number of anilines is 1. The van der Waals surface area contributed by atoms with E-state index < -0.39 is 0 Å². The molecule has 3 rings (SSSR count). The van der Waals surface area contributed by atoms with Crippen molar-refractivity contribution in [2.75, 3.05) is 5.32 Å². The van der Waals surface area contributed by atoms with Crippen LogP contribution in [0.1, 0.15) is 21.1 Å². The van der Waals surface area contributed by atoms with E-state index in [0.29, 0.717) is 11.4 Å². The number of thiazole rings is 1. The number of hydrogen-bond donors (Lipinski definition) is 1. The molecule has 0 unspecified atom stereocenters. The summed E-state index contributed by atoms with van der Waals surface area (Å²) >= 11 is 1.60. The minimum atomic E-state index is -0.156. The van der Waals surface area contributed by atoms with Gasteiger partial charge in [-0.1, -0.05) is 12.1 Å². The first-order chi connectivity index (χ1) is 10.5. The highest BCUT2D eigenvalue weighted by Gasteiger charge is 2.11. The third kappa shape index (κ3) is 2.92. The summed E-state index contributed by atoms with van der Waals surface area (Å²) in [5, 5.41) is 10.1. The molecule has 0 atom stereocenters. The second kappa shape index (κ2) is 5.73. The minimum absolute atomic E-state index is 0.156. The predicted molar refractivity (Wildman–Crippen MR) is 88.2 cm³/mol. The maximum Gasteiger partial charge on any atom is 0.256 e. The van der Waals surface area contributed by atoms with Gasteiger partial charge in [0.25, 0.3) is 5.91 Å². The highest BCUT2D eigenvalue weighted by molar-refractivity contribution is 7.09. The van der Waals surface area contributed by atoms with Crippen molar-refractivity contribution in [3.8, 4) is 11.3 Å². The van der Waals surface area contributed by atoms with Crippen molar-refractivity contribution in [2.24, 2.45) is 7.05 Å². The molecule has 0 spiro atoms. The van der Waals surface area contributed by atoms with Crippen LogP contribution in [-0.4, -0.2) is 20.7 Å². The second-order valence-electron chi connectivity index (χ2n) is 5.08. The average Bonchev–Trinajstić information content (AvgIpc) is 3.05. The van der Waals surface area contributed by atoms with Gasteiger partial charge in [0.15, 0.2) is 0 Å². The molecule has 0 aliphatic carbocycles. The minimum Gasteiger partial charge on any atom is -0.307 e. The van der Waals surface area contributed by atoms with Crippen molar-refractivity contribution in [1.29, 1.82) is 0 Å². The normalized spacial score (nSPS) is 10.7. The highest BCUT2D eigenvalue weighted by atomic mass is 32.1. The van der Waals surface area contributed by atoms with Gasteiger partial charge in [0.05, 0.1) is 16.4 Å². The van der Waals surface area contributed by atoms with Gasteiger partial charge >= 0.3 is 0 Å². The van der Waals surface area contributed by atoms with Gasteiger partial charge in [-0.15, -0.1) is 11.3 Å². The van der Waals surface area contributed by atoms with Crippen molar-refractivity contribution in [1.82, 2.24) is 14.8 Å². The Balaban J connectivity index is 1.85. The van der Waals surface area contributed by atoms with Gasteiger partial charge in [0, 0.05) is 29.6 Å². The molecular formula is C16H16N4OS. The lowest BCUT2D eigenvalue weighted by Gasteiger charge is -2.06. The van der Waals surface area contributed by atoms with E-state index in [1.165, 1.54) is 0 Å². The van der Waals surface area contributed by atoms with Crippen LogP contribution in [0.3, 0.4) is 0 Å². The Hall–Kier alpha value is -2.47. The zero-order chi connectivity index (χ0) is 15.7. The fraction of sp³-hybridized carbons (Fsp3) is 0.188. The van der Waals surface area contributed by atoms with Crippen LogP contribution < -0.4 is 5.32 Å². The molecule has 0 aliphatic rings. The zero-order valence-electron chi connectivity index (χ0n) is 12.6. The van der Waals surface area contributed by atoms with Gasteiger partial charge in [-0.2, -0.15) is 5.10 Å².